The van der Waals surface area contributed by atoms with Gasteiger partial charge in [0.25, 0.3) is 0 Å². The van der Waals surface area contributed by atoms with Crippen molar-refractivity contribution in [2.45, 2.75) is 6.54 Å². The quantitative estimate of drug-likeness (QED) is 0.793. The average Bonchev–Trinajstić information content (AvgIpc) is 2.86. The Morgan fingerprint density at radius 1 is 1.15 bits per heavy atom. The zero-order valence-corrected chi connectivity index (χ0v) is 10.8. The molecule has 3 aromatic rings. The molecular weight excluding hydrogens is 257 g/mol. The summed E-state index contributed by atoms with van der Waals surface area (Å²) in [7, 11) is 0. The van der Waals surface area contributed by atoms with Gasteiger partial charge < -0.3 is 15.0 Å². The number of nitrogens with two attached hydrogens (primary N) is 1. The summed E-state index contributed by atoms with van der Waals surface area (Å²) in [4.78, 5) is 4.05. The molecule has 0 bridgehead atoms. The lowest BCUT2D eigenvalue weighted by Gasteiger charge is -2.08. The third-order valence-electron chi connectivity index (χ3n) is 3.14. The molecule has 2 aromatic heterocycles. The van der Waals surface area contributed by atoms with E-state index in [1.807, 2.05) is 18.3 Å². The molecule has 0 fully saturated rings. The Morgan fingerprint density at radius 2 is 1.95 bits per heavy atom. The molecule has 0 amide bonds. The van der Waals surface area contributed by atoms with Crippen LogP contribution in [-0.2, 0) is 6.54 Å². The van der Waals surface area contributed by atoms with Crippen molar-refractivity contribution in [2.75, 3.05) is 12.3 Å². The number of benzene rings is 1. The second kappa shape index (κ2) is 5.21. The van der Waals surface area contributed by atoms with Crippen LogP contribution in [0.5, 0.6) is 5.75 Å². The number of rotatable bonds is 4. The number of hydrogen-bond acceptors (Lipinski definition) is 3. The Morgan fingerprint density at radius 3 is 2.75 bits per heavy atom. The van der Waals surface area contributed by atoms with Gasteiger partial charge in [-0.1, -0.05) is 0 Å². The molecule has 2 N–H and O–H groups in total. The topological polar surface area (TPSA) is 53.1 Å². The van der Waals surface area contributed by atoms with Gasteiger partial charge in [0.1, 0.15) is 24.0 Å². The Hall–Kier alpha value is -2.56. The van der Waals surface area contributed by atoms with Crippen molar-refractivity contribution in [3.05, 3.63) is 54.6 Å². The third kappa shape index (κ3) is 2.42. The third-order valence-corrected chi connectivity index (χ3v) is 3.14. The van der Waals surface area contributed by atoms with Crippen molar-refractivity contribution in [2.24, 2.45) is 0 Å². The van der Waals surface area contributed by atoms with Crippen LogP contribution in [0.25, 0.3) is 10.9 Å². The van der Waals surface area contributed by atoms with Gasteiger partial charge in [0.05, 0.1) is 12.1 Å². The molecule has 0 aliphatic heterocycles. The summed E-state index contributed by atoms with van der Waals surface area (Å²) in [6.07, 6.45) is 3.64. The molecule has 0 spiro atoms. The van der Waals surface area contributed by atoms with E-state index < -0.39 is 0 Å². The fraction of sp³-hybridized carbons (Fsp3) is 0.133. The van der Waals surface area contributed by atoms with Crippen molar-refractivity contribution < 1.29 is 9.13 Å². The van der Waals surface area contributed by atoms with Crippen molar-refractivity contribution >= 4 is 16.7 Å². The van der Waals surface area contributed by atoms with Crippen LogP contribution < -0.4 is 10.5 Å². The number of pyridine rings is 1. The smallest absolute Gasteiger partial charge is 0.132 e. The summed E-state index contributed by atoms with van der Waals surface area (Å²) in [5.74, 6) is 0.918. The van der Waals surface area contributed by atoms with Crippen LogP contribution in [-0.4, -0.2) is 16.2 Å². The minimum Gasteiger partial charge on any atom is -0.492 e. The van der Waals surface area contributed by atoms with Gasteiger partial charge in [0, 0.05) is 17.8 Å². The lowest BCUT2D eigenvalue weighted by molar-refractivity contribution is 0.300. The molecule has 5 heteroatoms. The minimum atomic E-state index is -0.267. The monoisotopic (exact) mass is 271 g/mol. The first-order chi connectivity index (χ1) is 9.74. The highest BCUT2D eigenvalue weighted by Crippen LogP contribution is 2.19. The molecule has 4 nitrogen and oxygen atoms in total. The predicted octanol–water partition coefficient (Wildman–Crippen LogP) is 2.84. The van der Waals surface area contributed by atoms with Gasteiger partial charge in [0.15, 0.2) is 0 Å². The first kappa shape index (κ1) is 12.5. The molecule has 0 aliphatic rings. The van der Waals surface area contributed by atoms with Crippen LogP contribution in [0, 0.1) is 5.82 Å². The molecule has 0 radical (unpaired) electrons. The van der Waals surface area contributed by atoms with Crippen LogP contribution in [0.3, 0.4) is 0 Å². The first-order valence-electron chi connectivity index (χ1n) is 6.32. The highest BCUT2D eigenvalue weighted by Gasteiger charge is 2.04. The standard InChI is InChI=1S/C15H14FN3O/c16-11-1-3-12(4-2-11)20-10-9-19-8-6-13-14(19)5-7-18-15(13)17/h1-8H,9-10H2,(H2,17,18). The Balaban J connectivity index is 1.68. The summed E-state index contributed by atoms with van der Waals surface area (Å²) in [5, 5.41) is 0.939. The van der Waals surface area contributed by atoms with Gasteiger partial charge in [-0.3, -0.25) is 0 Å². The SMILES string of the molecule is Nc1nccc2c1ccn2CCOc1ccc(F)cc1. The maximum absolute atomic E-state index is 12.8. The highest BCUT2D eigenvalue weighted by atomic mass is 19.1. The molecule has 20 heavy (non-hydrogen) atoms. The Labute approximate surface area is 115 Å². The Kier molecular flexibility index (Phi) is 3.25. The molecule has 0 atom stereocenters. The number of nitrogen functional groups attached to an aromatic ring is 1. The minimum absolute atomic E-state index is 0.267. The number of aromatic nitrogens is 2. The van der Waals surface area contributed by atoms with Gasteiger partial charge in [-0.2, -0.15) is 0 Å². The highest BCUT2D eigenvalue weighted by molar-refractivity contribution is 5.88. The van der Waals surface area contributed by atoms with Crippen LogP contribution in [0.1, 0.15) is 0 Å². The Bertz CT molecular complexity index is 722. The number of ether oxygens (including phenoxy) is 1. The number of hydrogen-bond donors (Lipinski definition) is 1. The second-order valence-corrected chi connectivity index (χ2v) is 4.44. The number of anilines is 1. The van der Waals surface area contributed by atoms with Crippen LogP contribution >= 0.6 is 0 Å². The fourth-order valence-electron chi connectivity index (χ4n) is 2.13. The largest absolute Gasteiger partial charge is 0.492 e. The van der Waals surface area contributed by atoms with Crippen molar-refractivity contribution in [3.8, 4) is 5.75 Å². The van der Waals surface area contributed by atoms with Crippen molar-refractivity contribution in [1.29, 1.82) is 0 Å². The van der Waals surface area contributed by atoms with E-state index in [1.165, 1.54) is 12.1 Å². The van der Waals surface area contributed by atoms with Gasteiger partial charge in [-0.25, -0.2) is 9.37 Å². The maximum Gasteiger partial charge on any atom is 0.132 e. The average molecular weight is 271 g/mol. The summed E-state index contributed by atoms with van der Waals surface area (Å²) in [6.45, 7) is 1.18. The van der Waals surface area contributed by atoms with E-state index in [-0.39, 0.29) is 5.82 Å². The second-order valence-electron chi connectivity index (χ2n) is 4.44. The summed E-state index contributed by atoms with van der Waals surface area (Å²) >= 11 is 0. The molecule has 0 saturated carbocycles. The van der Waals surface area contributed by atoms with E-state index in [2.05, 4.69) is 9.55 Å². The van der Waals surface area contributed by atoms with E-state index in [0.717, 1.165) is 10.9 Å². The van der Waals surface area contributed by atoms with Crippen LogP contribution in [0.4, 0.5) is 10.2 Å². The predicted molar refractivity (Wildman–Crippen MR) is 76.0 cm³/mol. The molecule has 0 saturated heterocycles. The molecule has 1 aromatic carbocycles. The van der Waals surface area contributed by atoms with Gasteiger partial charge in [-0.05, 0) is 36.4 Å². The van der Waals surface area contributed by atoms with Crippen molar-refractivity contribution in [1.82, 2.24) is 9.55 Å². The van der Waals surface area contributed by atoms with E-state index in [9.17, 15) is 4.39 Å². The zero-order valence-electron chi connectivity index (χ0n) is 10.8. The fourth-order valence-corrected chi connectivity index (χ4v) is 2.13. The van der Waals surface area contributed by atoms with Gasteiger partial charge in [-0.15, -0.1) is 0 Å². The summed E-state index contributed by atoms with van der Waals surface area (Å²) in [6, 6.07) is 9.86. The zero-order chi connectivity index (χ0) is 13.9. The lowest BCUT2D eigenvalue weighted by atomic mass is 10.3. The van der Waals surface area contributed by atoms with Gasteiger partial charge in [0.2, 0.25) is 0 Å². The summed E-state index contributed by atoms with van der Waals surface area (Å²) in [5.41, 5.74) is 6.84. The first-order valence-corrected chi connectivity index (χ1v) is 6.32. The number of fused-ring (bicyclic) bond motifs is 1. The maximum atomic E-state index is 12.8. The molecule has 3 rings (SSSR count). The van der Waals surface area contributed by atoms with Gasteiger partial charge >= 0.3 is 0 Å². The van der Waals surface area contributed by atoms with E-state index >= 15 is 0 Å². The molecule has 0 unspecified atom stereocenters. The van der Waals surface area contributed by atoms with Crippen molar-refractivity contribution in [3.63, 3.8) is 0 Å². The van der Waals surface area contributed by atoms with Crippen LogP contribution in [0.2, 0.25) is 0 Å². The molecule has 2 heterocycles. The molecule has 0 aliphatic carbocycles. The van der Waals surface area contributed by atoms with E-state index in [0.29, 0.717) is 24.7 Å². The normalized spacial score (nSPS) is 10.8. The lowest BCUT2D eigenvalue weighted by Crippen LogP contribution is -2.07. The molecular formula is C15H14FN3O. The van der Waals surface area contributed by atoms with E-state index in [1.54, 1.807) is 18.3 Å². The number of halogens is 1. The van der Waals surface area contributed by atoms with Crippen LogP contribution in [0.15, 0.2) is 48.8 Å². The van der Waals surface area contributed by atoms with E-state index in [4.69, 9.17) is 10.5 Å². The number of nitrogens with zero attached hydrogens (tertiary/aromatic N) is 2. The molecule has 102 valence electrons. The summed E-state index contributed by atoms with van der Waals surface area (Å²) < 4.78 is 20.4.